The van der Waals surface area contributed by atoms with Gasteiger partial charge in [0.15, 0.2) is 0 Å². The van der Waals surface area contributed by atoms with Crippen LogP contribution in [0.25, 0.3) is 0 Å². The predicted octanol–water partition coefficient (Wildman–Crippen LogP) is 0.226. The molecule has 1 aromatic heterocycles. The number of nitrogens with zero attached hydrogens (tertiary/aromatic N) is 2. The Hall–Kier alpha value is -1.36. The van der Waals surface area contributed by atoms with Crippen LogP contribution < -0.4 is 10.5 Å². The van der Waals surface area contributed by atoms with Gasteiger partial charge in [-0.25, -0.2) is 4.98 Å². The average Bonchev–Trinajstić information content (AvgIpc) is 2.01. The zero-order chi connectivity index (χ0) is 9.10. The molecule has 0 radical (unpaired) electrons. The lowest BCUT2D eigenvalue weighted by atomic mass is 10.2. The molecule has 0 spiro atoms. The molecule has 0 amide bonds. The smallest absolute Gasteiger partial charge is 0.318 e. The molecule has 0 saturated carbocycles. The summed E-state index contributed by atoms with van der Waals surface area (Å²) in [5.74, 6) is 0.416. The first kappa shape index (κ1) is 8.25. The summed E-state index contributed by atoms with van der Waals surface area (Å²) in [6.45, 7) is 1.33. The van der Waals surface area contributed by atoms with Crippen LogP contribution >= 0.6 is 0 Å². The van der Waals surface area contributed by atoms with E-state index in [2.05, 4.69) is 9.97 Å². The highest BCUT2D eigenvalue weighted by molar-refractivity contribution is 5.26. The second-order valence-corrected chi connectivity index (χ2v) is 2.86. The first-order valence-corrected chi connectivity index (χ1v) is 4.17. The third kappa shape index (κ3) is 2.06. The Bertz CT molecular complexity index is 288. The fraction of sp³-hybridized carbons (Fsp3) is 0.500. The van der Waals surface area contributed by atoms with Gasteiger partial charge in [-0.05, 0) is 6.07 Å². The largest absolute Gasteiger partial charge is 0.461 e. The Morgan fingerprint density at radius 1 is 1.69 bits per heavy atom. The standard InChI is InChI=1S/C8H11N3O2/c9-7-1-3-10-8(11-7)13-5-6-2-4-12-6/h1,3,6H,2,4-5H2,(H2,9,10,11). The lowest BCUT2D eigenvalue weighted by Gasteiger charge is -2.25. The molecule has 0 bridgehead atoms. The number of hydrogen-bond donors (Lipinski definition) is 1. The molecule has 2 N–H and O–H groups in total. The summed E-state index contributed by atoms with van der Waals surface area (Å²) in [7, 11) is 0. The lowest BCUT2D eigenvalue weighted by molar-refractivity contribution is -0.0733. The van der Waals surface area contributed by atoms with Gasteiger partial charge in [0.1, 0.15) is 12.4 Å². The molecule has 2 heterocycles. The Morgan fingerprint density at radius 3 is 3.15 bits per heavy atom. The van der Waals surface area contributed by atoms with Gasteiger partial charge in [0.05, 0.1) is 6.10 Å². The van der Waals surface area contributed by atoms with E-state index in [1.54, 1.807) is 12.3 Å². The van der Waals surface area contributed by atoms with E-state index in [0.717, 1.165) is 13.0 Å². The number of hydrogen-bond acceptors (Lipinski definition) is 5. The van der Waals surface area contributed by atoms with Gasteiger partial charge in [0, 0.05) is 19.2 Å². The van der Waals surface area contributed by atoms with Crippen LogP contribution in [-0.2, 0) is 4.74 Å². The summed E-state index contributed by atoms with van der Waals surface area (Å²) >= 11 is 0. The summed E-state index contributed by atoms with van der Waals surface area (Å²) in [5.41, 5.74) is 5.45. The number of nitrogens with two attached hydrogens (primary N) is 1. The van der Waals surface area contributed by atoms with Gasteiger partial charge in [-0.1, -0.05) is 0 Å². The van der Waals surface area contributed by atoms with E-state index in [1.165, 1.54) is 0 Å². The maximum atomic E-state index is 5.45. The molecule has 13 heavy (non-hydrogen) atoms. The topological polar surface area (TPSA) is 70.3 Å². The van der Waals surface area contributed by atoms with Crippen LogP contribution in [0, 0.1) is 0 Å². The van der Waals surface area contributed by atoms with Crippen molar-refractivity contribution in [3.05, 3.63) is 12.3 Å². The van der Waals surface area contributed by atoms with Crippen LogP contribution in [0.1, 0.15) is 6.42 Å². The molecule has 1 unspecified atom stereocenters. The van der Waals surface area contributed by atoms with Crippen LogP contribution in [0.2, 0.25) is 0 Å². The van der Waals surface area contributed by atoms with E-state index in [0.29, 0.717) is 18.4 Å². The van der Waals surface area contributed by atoms with E-state index in [4.69, 9.17) is 15.2 Å². The molecule has 0 aliphatic carbocycles. The van der Waals surface area contributed by atoms with Gasteiger partial charge in [-0.3, -0.25) is 0 Å². The zero-order valence-electron chi connectivity index (χ0n) is 7.14. The van der Waals surface area contributed by atoms with E-state index < -0.39 is 0 Å². The molecule has 1 saturated heterocycles. The van der Waals surface area contributed by atoms with Gasteiger partial charge in [-0.2, -0.15) is 4.98 Å². The predicted molar refractivity (Wildman–Crippen MR) is 46.3 cm³/mol. The maximum Gasteiger partial charge on any atom is 0.318 e. The van der Waals surface area contributed by atoms with Gasteiger partial charge < -0.3 is 15.2 Å². The molecule has 0 aromatic carbocycles. The molecule has 1 fully saturated rings. The third-order valence-corrected chi connectivity index (χ3v) is 1.85. The first-order chi connectivity index (χ1) is 6.34. The molecule has 1 aliphatic heterocycles. The molecular formula is C8H11N3O2. The Balaban J connectivity index is 1.86. The molecule has 1 aromatic rings. The van der Waals surface area contributed by atoms with Crippen molar-refractivity contribution in [3.8, 4) is 6.01 Å². The van der Waals surface area contributed by atoms with Crippen molar-refractivity contribution in [1.82, 2.24) is 9.97 Å². The van der Waals surface area contributed by atoms with Crippen molar-refractivity contribution in [2.45, 2.75) is 12.5 Å². The van der Waals surface area contributed by atoms with Crippen molar-refractivity contribution in [1.29, 1.82) is 0 Å². The number of nitrogen functional groups attached to an aromatic ring is 1. The van der Waals surface area contributed by atoms with Crippen LogP contribution in [0.15, 0.2) is 12.3 Å². The number of aromatic nitrogens is 2. The molecular weight excluding hydrogens is 170 g/mol. The highest BCUT2D eigenvalue weighted by Crippen LogP contribution is 2.12. The monoisotopic (exact) mass is 181 g/mol. The molecule has 5 nitrogen and oxygen atoms in total. The minimum atomic E-state index is 0.199. The summed E-state index contributed by atoms with van der Waals surface area (Å²) in [6, 6.07) is 1.93. The van der Waals surface area contributed by atoms with E-state index >= 15 is 0 Å². The first-order valence-electron chi connectivity index (χ1n) is 4.17. The second kappa shape index (κ2) is 3.57. The second-order valence-electron chi connectivity index (χ2n) is 2.86. The lowest BCUT2D eigenvalue weighted by Crippen LogP contribution is -2.32. The third-order valence-electron chi connectivity index (χ3n) is 1.85. The normalized spacial score (nSPS) is 20.8. The average molecular weight is 181 g/mol. The molecule has 2 rings (SSSR count). The molecule has 1 atom stereocenters. The van der Waals surface area contributed by atoms with Crippen LogP contribution in [0.3, 0.4) is 0 Å². The quantitative estimate of drug-likeness (QED) is 0.722. The Labute approximate surface area is 75.9 Å². The summed E-state index contributed by atoms with van der Waals surface area (Å²) in [6.07, 6.45) is 2.81. The van der Waals surface area contributed by atoms with E-state index in [1.807, 2.05) is 0 Å². The number of anilines is 1. The fourth-order valence-electron chi connectivity index (χ4n) is 1.01. The van der Waals surface area contributed by atoms with Crippen LogP contribution in [0.5, 0.6) is 6.01 Å². The van der Waals surface area contributed by atoms with Crippen molar-refractivity contribution in [3.63, 3.8) is 0 Å². The van der Waals surface area contributed by atoms with E-state index in [-0.39, 0.29) is 6.10 Å². The molecule has 5 heteroatoms. The highest BCUT2D eigenvalue weighted by atomic mass is 16.6. The SMILES string of the molecule is Nc1ccnc(OCC2CCO2)n1. The van der Waals surface area contributed by atoms with Gasteiger partial charge in [0.25, 0.3) is 0 Å². The molecule has 1 aliphatic rings. The summed E-state index contributed by atoms with van der Waals surface area (Å²) in [4.78, 5) is 7.79. The Kier molecular flexibility index (Phi) is 2.27. The number of rotatable bonds is 3. The fourth-order valence-corrected chi connectivity index (χ4v) is 1.01. The van der Waals surface area contributed by atoms with Crippen molar-refractivity contribution in [2.24, 2.45) is 0 Å². The summed E-state index contributed by atoms with van der Waals surface area (Å²) < 4.78 is 10.4. The molecule has 70 valence electrons. The zero-order valence-corrected chi connectivity index (χ0v) is 7.14. The number of ether oxygens (including phenoxy) is 2. The minimum absolute atomic E-state index is 0.199. The Morgan fingerprint density at radius 2 is 2.54 bits per heavy atom. The van der Waals surface area contributed by atoms with E-state index in [9.17, 15) is 0 Å². The van der Waals surface area contributed by atoms with Crippen LogP contribution in [-0.4, -0.2) is 29.3 Å². The van der Waals surface area contributed by atoms with Crippen LogP contribution in [0.4, 0.5) is 5.82 Å². The van der Waals surface area contributed by atoms with Gasteiger partial charge in [0.2, 0.25) is 0 Å². The maximum absolute atomic E-state index is 5.45. The minimum Gasteiger partial charge on any atom is -0.461 e. The van der Waals surface area contributed by atoms with Gasteiger partial charge >= 0.3 is 6.01 Å². The van der Waals surface area contributed by atoms with Crippen molar-refractivity contribution >= 4 is 5.82 Å². The van der Waals surface area contributed by atoms with Crippen molar-refractivity contribution < 1.29 is 9.47 Å². The summed E-state index contributed by atoms with van der Waals surface area (Å²) in [5, 5.41) is 0. The van der Waals surface area contributed by atoms with Gasteiger partial charge in [-0.15, -0.1) is 0 Å². The van der Waals surface area contributed by atoms with Crippen molar-refractivity contribution in [2.75, 3.05) is 18.9 Å². The highest BCUT2D eigenvalue weighted by Gasteiger charge is 2.18.